The van der Waals surface area contributed by atoms with E-state index in [0.29, 0.717) is 17.9 Å². The van der Waals surface area contributed by atoms with Gasteiger partial charge in [-0.15, -0.1) is 0 Å². The molecule has 10 nitrogen and oxygen atoms in total. The van der Waals surface area contributed by atoms with Crippen LogP contribution < -0.4 is 20.2 Å². The summed E-state index contributed by atoms with van der Waals surface area (Å²) in [4.78, 5) is 29.7. The molecule has 0 fully saturated rings. The zero-order valence-corrected chi connectivity index (χ0v) is 19.4. The number of halogens is 3. The summed E-state index contributed by atoms with van der Waals surface area (Å²) in [5, 5.41) is 0. The average molecular weight is 502 g/mol. The van der Waals surface area contributed by atoms with Gasteiger partial charge in [0.25, 0.3) is 5.56 Å². The molecule has 2 heterocycles. The third-order valence-corrected chi connectivity index (χ3v) is 5.97. The van der Waals surface area contributed by atoms with Crippen LogP contribution in [0.2, 0.25) is 0 Å². The summed E-state index contributed by atoms with van der Waals surface area (Å²) < 4.78 is 73.5. The first-order chi connectivity index (χ1) is 15.9. The van der Waals surface area contributed by atoms with E-state index < -0.39 is 32.6 Å². The van der Waals surface area contributed by atoms with Gasteiger partial charge in [-0.3, -0.25) is 13.9 Å². The van der Waals surface area contributed by atoms with Gasteiger partial charge in [-0.1, -0.05) is 12.1 Å². The van der Waals surface area contributed by atoms with E-state index in [2.05, 4.69) is 9.17 Å². The molecule has 3 rings (SSSR count). The fourth-order valence-electron chi connectivity index (χ4n) is 3.29. The highest BCUT2D eigenvalue weighted by Gasteiger charge is 2.48. The standard InChI is InChI=1S/C20H21F3N4O6S/c1-5-26-17-16(18(28)27(6-2)19(26)29)25(3)15(24-17)10-8-12-7-9-13(14(11-12)32-4)33-34(30,31)20(21,22)23/h7-11H,5-6H2,1-4H3/b10-8+. The van der Waals surface area contributed by atoms with Crippen LogP contribution >= 0.6 is 0 Å². The number of aryl methyl sites for hydroxylation is 2. The number of imidazole rings is 1. The summed E-state index contributed by atoms with van der Waals surface area (Å²) in [6.45, 7) is 3.94. The summed E-state index contributed by atoms with van der Waals surface area (Å²) in [5.74, 6) is -0.543. The Morgan fingerprint density at radius 1 is 1.06 bits per heavy atom. The van der Waals surface area contributed by atoms with Crippen molar-refractivity contribution in [2.45, 2.75) is 32.4 Å². The van der Waals surface area contributed by atoms with Crippen molar-refractivity contribution >= 4 is 33.4 Å². The number of hydrogen-bond donors (Lipinski definition) is 0. The maximum atomic E-state index is 12.8. The van der Waals surface area contributed by atoms with Crippen LogP contribution in [0, 0.1) is 0 Å². The Hall–Kier alpha value is -3.55. The molecule has 0 N–H and O–H groups in total. The van der Waals surface area contributed by atoms with Crippen molar-refractivity contribution in [3.63, 3.8) is 0 Å². The SMILES string of the molecule is CCn1c(=O)c2c(nc(/C=C/c3ccc(OS(=O)(=O)C(F)(F)F)c(OC)c3)n2C)n(CC)c1=O. The Bertz CT molecular complexity index is 1500. The van der Waals surface area contributed by atoms with Crippen molar-refractivity contribution in [3.05, 3.63) is 50.4 Å². The molecule has 0 unspecified atom stereocenters. The molecule has 0 aliphatic heterocycles. The maximum Gasteiger partial charge on any atom is 0.534 e. The molecule has 0 saturated carbocycles. The van der Waals surface area contributed by atoms with Crippen LogP contribution in [0.4, 0.5) is 13.2 Å². The molecule has 0 spiro atoms. The van der Waals surface area contributed by atoms with Crippen molar-refractivity contribution < 1.29 is 30.5 Å². The van der Waals surface area contributed by atoms with Gasteiger partial charge in [0.1, 0.15) is 5.82 Å². The van der Waals surface area contributed by atoms with E-state index in [1.54, 1.807) is 20.9 Å². The molecule has 3 aromatic rings. The van der Waals surface area contributed by atoms with Crippen molar-refractivity contribution in [1.29, 1.82) is 0 Å². The van der Waals surface area contributed by atoms with Crippen LogP contribution in [0.25, 0.3) is 23.3 Å². The van der Waals surface area contributed by atoms with Crippen LogP contribution in [0.15, 0.2) is 27.8 Å². The first-order valence-electron chi connectivity index (χ1n) is 9.93. The molecule has 14 heteroatoms. The molecule has 0 bridgehead atoms. The fraction of sp³-hybridized carbons (Fsp3) is 0.350. The third-order valence-electron chi connectivity index (χ3n) is 5.00. The molecule has 34 heavy (non-hydrogen) atoms. The number of alkyl halides is 3. The smallest absolute Gasteiger partial charge is 0.493 e. The van der Waals surface area contributed by atoms with Gasteiger partial charge < -0.3 is 13.5 Å². The molecule has 0 aliphatic rings. The zero-order chi connectivity index (χ0) is 25.4. The van der Waals surface area contributed by atoms with E-state index >= 15 is 0 Å². The first kappa shape index (κ1) is 25.1. The summed E-state index contributed by atoms with van der Waals surface area (Å²) in [5.41, 5.74) is -5.66. The van der Waals surface area contributed by atoms with Gasteiger partial charge in [0.15, 0.2) is 22.7 Å². The molecule has 184 valence electrons. The minimum Gasteiger partial charge on any atom is -0.493 e. The van der Waals surface area contributed by atoms with E-state index in [1.807, 2.05) is 0 Å². The highest BCUT2D eigenvalue weighted by molar-refractivity contribution is 7.88. The molecule has 1 aromatic carbocycles. The predicted molar refractivity (Wildman–Crippen MR) is 118 cm³/mol. The van der Waals surface area contributed by atoms with Gasteiger partial charge in [0, 0.05) is 20.1 Å². The lowest BCUT2D eigenvalue weighted by Crippen LogP contribution is -2.39. The number of nitrogens with zero attached hydrogens (tertiary/aromatic N) is 4. The number of ether oxygens (including phenoxy) is 1. The molecular weight excluding hydrogens is 481 g/mol. The highest BCUT2D eigenvalue weighted by atomic mass is 32.2. The quantitative estimate of drug-likeness (QED) is 0.360. The molecule has 0 aliphatic carbocycles. The normalized spacial score (nSPS) is 12.6. The Morgan fingerprint density at radius 2 is 1.71 bits per heavy atom. The summed E-state index contributed by atoms with van der Waals surface area (Å²) >= 11 is 0. The molecule has 2 aromatic heterocycles. The molecular formula is C20H21F3N4O6S. The van der Waals surface area contributed by atoms with E-state index in [-0.39, 0.29) is 23.5 Å². The molecule has 0 amide bonds. The van der Waals surface area contributed by atoms with E-state index in [9.17, 15) is 31.2 Å². The van der Waals surface area contributed by atoms with Gasteiger partial charge >= 0.3 is 21.3 Å². The third kappa shape index (κ3) is 4.32. The highest BCUT2D eigenvalue weighted by Crippen LogP contribution is 2.34. The second-order valence-corrected chi connectivity index (χ2v) is 8.54. The number of rotatable bonds is 7. The monoisotopic (exact) mass is 502 g/mol. The number of fused-ring (bicyclic) bond motifs is 1. The predicted octanol–water partition coefficient (Wildman–Crippen LogP) is 2.34. The Labute approximate surface area is 191 Å². The van der Waals surface area contributed by atoms with Gasteiger partial charge in [-0.05, 0) is 37.6 Å². The molecule has 0 radical (unpaired) electrons. The van der Waals surface area contributed by atoms with E-state index in [4.69, 9.17) is 4.74 Å². The fourth-order valence-corrected chi connectivity index (χ4v) is 3.75. The summed E-state index contributed by atoms with van der Waals surface area (Å²) in [6.07, 6.45) is 3.06. The number of methoxy groups -OCH3 is 1. The second-order valence-electron chi connectivity index (χ2n) is 7.00. The largest absolute Gasteiger partial charge is 0.534 e. The van der Waals surface area contributed by atoms with Gasteiger partial charge in [-0.2, -0.15) is 21.6 Å². The van der Waals surface area contributed by atoms with Gasteiger partial charge in [-0.25, -0.2) is 9.78 Å². The summed E-state index contributed by atoms with van der Waals surface area (Å²) in [6, 6.07) is 3.60. The number of aromatic nitrogens is 4. The van der Waals surface area contributed by atoms with E-state index in [1.165, 1.54) is 33.4 Å². The lowest BCUT2D eigenvalue weighted by atomic mass is 10.2. The van der Waals surface area contributed by atoms with Crippen molar-refractivity contribution in [1.82, 2.24) is 18.7 Å². The first-order valence-corrected chi connectivity index (χ1v) is 11.3. The van der Waals surface area contributed by atoms with Crippen LogP contribution in [-0.4, -0.2) is 39.7 Å². The Balaban J connectivity index is 2.04. The molecule has 0 atom stereocenters. The lowest BCUT2D eigenvalue weighted by molar-refractivity contribution is -0.0500. The van der Waals surface area contributed by atoms with Crippen molar-refractivity contribution in [3.8, 4) is 11.5 Å². The Kier molecular flexibility index (Phi) is 6.64. The van der Waals surface area contributed by atoms with Crippen LogP contribution in [0.3, 0.4) is 0 Å². The van der Waals surface area contributed by atoms with Gasteiger partial charge in [0.2, 0.25) is 0 Å². The van der Waals surface area contributed by atoms with Crippen molar-refractivity contribution in [2.24, 2.45) is 7.05 Å². The van der Waals surface area contributed by atoms with E-state index in [0.717, 1.165) is 17.7 Å². The topological polar surface area (TPSA) is 114 Å². The number of hydrogen-bond acceptors (Lipinski definition) is 7. The minimum absolute atomic E-state index is 0.197. The van der Waals surface area contributed by atoms with Crippen LogP contribution in [-0.2, 0) is 30.3 Å². The zero-order valence-electron chi connectivity index (χ0n) is 18.6. The Morgan fingerprint density at radius 3 is 2.26 bits per heavy atom. The van der Waals surface area contributed by atoms with Crippen LogP contribution in [0.1, 0.15) is 25.2 Å². The summed E-state index contributed by atoms with van der Waals surface area (Å²) in [7, 11) is -3.11. The van der Waals surface area contributed by atoms with Crippen LogP contribution in [0.5, 0.6) is 11.5 Å². The minimum atomic E-state index is -5.86. The second kappa shape index (κ2) is 9.00. The maximum absolute atomic E-state index is 12.8. The average Bonchev–Trinajstić information content (AvgIpc) is 3.08. The van der Waals surface area contributed by atoms with Gasteiger partial charge in [0.05, 0.1) is 7.11 Å². The van der Waals surface area contributed by atoms with Crippen molar-refractivity contribution in [2.75, 3.05) is 7.11 Å². The number of benzene rings is 1. The lowest BCUT2D eigenvalue weighted by Gasteiger charge is -2.12. The molecule has 0 saturated heterocycles.